The van der Waals surface area contributed by atoms with Crippen molar-refractivity contribution in [2.45, 2.75) is 0 Å². The van der Waals surface area contributed by atoms with E-state index in [1.807, 2.05) is 0 Å². The molecule has 2 aromatic rings. The molecule has 1 aliphatic heterocycles. The zero-order valence-corrected chi connectivity index (χ0v) is 13.8. The number of halogens is 2. The fourth-order valence-electron chi connectivity index (χ4n) is 2.48. The van der Waals surface area contributed by atoms with Gasteiger partial charge in [0.05, 0.1) is 5.69 Å². The number of fused-ring (bicyclic) bond motifs is 1. The number of carboxylic acids is 1. The second-order valence-electron chi connectivity index (χ2n) is 5.63. The number of nitrogens with zero attached hydrogens (tertiary/aromatic N) is 1. The number of carbonyl (C=O) groups excluding carboxylic acids is 2. The SMILES string of the molecule is O=C(O)CN1C(=O)COc2ccc(C(=O)COc3ccc(F)c(F)c3)cc21. The van der Waals surface area contributed by atoms with E-state index in [0.29, 0.717) is 0 Å². The summed E-state index contributed by atoms with van der Waals surface area (Å²) in [5, 5.41) is 8.96. The largest absolute Gasteiger partial charge is 0.485 e. The van der Waals surface area contributed by atoms with Crippen LogP contribution in [0.25, 0.3) is 0 Å². The van der Waals surface area contributed by atoms with E-state index in [-0.39, 0.29) is 29.4 Å². The van der Waals surface area contributed by atoms with Crippen LogP contribution in [-0.2, 0) is 9.59 Å². The highest BCUT2D eigenvalue weighted by molar-refractivity contribution is 6.04. The molecule has 0 unspecified atom stereocenters. The van der Waals surface area contributed by atoms with Crippen molar-refractivity contribution in [2.75, 3.05) is 24.7 Å². The Morgan fingerprint density at radius 1 is 1.15 bits per heavy atom. The molecule has 0 radical (unpaired) electrons. The first kappa shape index (κ1) is 18.3. The van der Waals surface area contributed by atoms with Crippen LogP contribution in [0.5, 0.6) is 11.5 Å². The molecular weight excluding hydrogens is 364 g/mol. The van der Waals surface area contributed by atoms with Crippen molar-refractivity contribution >= 4 is 23.3 Å². The van der Waals surface area contributed by atoms with E-state index < -0.39 is 42.4 Å². The third-order valence-electron chi connectivity index (χ3n) is 3.78. The van der Waals surface area contributed by atoms with Crippen LogP contribution in [0.4, 0.5) is 14.5 Å². The van der Waals surface area contributed by atoms with E-state index in [0.717, 1.165) is 17.0 Å². The van der Waals surface area contributed by atoms with Crippen LogP contribution in [0.3, 0.4) is 0 Å². The van der Waals surface area contributed by atoms with E-state index in [2.05, 4.69) is 0 Å². The van der Waals surface area contributed by atoms with Gasteiger partial charge in [0, 0.05) is 11.6 Å². The number of rotatable bonds is 6. The normalized spacial score (nSPS) is 13.0. The zero-order valence-electron chi connectivity index (χ0n) is 13.8. The van der Waals surface area contributed by atoms with Crippen LogP contribution in [0.2, 0.25) is 0 Å². The summed E-state index contributed by atoms with van der Waals surface area (Å²) in [7, 11) is 0. The quantitative estimate of drug-likeness (QED) is 0.775. The Balaban J connectivity index is 1.77. The molecule has 0 atom stereocenters. The molecule has 27 heavy (non-hydrogen) atoms. The predicted molar refractivity (Wildman–Crippen MR) is 88.1 cm³/mol. The number of anilines is 1. The first-order valence-electron chi connectivity index (χ1n) is 7.75. The van der Waals surface area contributed by atoms with Crippen molar-refractivity contribution in [1.82, 2.24) is 0 Å². The number of aliphatic carboxylic acids is 1. The summed E-state index contributed by atoms with van der Waals surface area (Å²) in [4.78, 5) is 36.2. The van der Waals surface area contributed by atoms with E-state index in [1.54, 1.807) is 0 Å². The second kappa shape index (κ2) is 7.40. The molecule has 1 N–H and O–H groups in total. The zero-order chi connectivity index (χ0) is 19.6. The molecule has 0 aromatic heterocycles. The van der Waals surface area contributed by atoms with E-state index in [9.17, 15) is 23.2 Å². The highest BCUT2D eigenvalue weighted by Gasteiger charge is 2.28. The molecule has 0 saturated carbocycles. The summed E-state index contributed by atoms with van der Waals surface area (Å²) in [6.07, 6.45) is 0. The van der Waals surface area contributed by atoms with Crippen molar-refractivity contribution in [3.8, 4) is 11.5 Å². The van der Waals surface area contributed by atoms with Crippen molar-refractivity contribution in [3.63, 3.8) is 0 Å². The van der Waals surface area contributed by atoms with Gasteiger partial charge < -0.3 is 14.6 Å². The highest BCUT2D eigenvalue weighted by atomic mass is 19.2. The fourth-order valence-corrected chi connectivity index (χ4v) is 2.48. The van der Waals surface area contributed by atoms with E-state index in [1.165, 1.54) is 24.3 Å². The lowest BCUT2D eigenvalue weighted by atomic mass is 10.1. The third-order valence-corrected chi connectivity index (χ3v) is 3.78. The number of hydrogen-bond donors (Lipinski definition) is 1. The topological polar surface area (TPSA) is 93.1 Å². The van der Waals surface area contributed by atoms with Gasteiger partial charge in [-0.2, -0.15) is 0 Å². The van der Waals surface area contributed by atoms with Gasteiger partial charge in [-0.25, -0.2) is 8.78 Å². The van der Waals surface area contributed by atoms with Gasteiger partial charge in [0.2, 0.25) is 0 Å². The minimum absolute atomic E-state index is 0.0220. The van der Waals surface area contributed by atoms with Gasteiger partial charge in [0.1, 0.15) is 18.0 Å². The molecule has 0 saturated heterocycles. The molecule has 2 aromatic carbocycles. The Kier molecular flexibility index (Phi) is 5.02. The standard InChI is InChI=1S/C18H13F2NO6/c19-12-3-2-11(6-13(12)20)26-8-15(22)10-1-4-16-14(5-10)21(7-18(24)25)17(23)9-27-16/h1-6H,7-9H2,(H,24,25). The molecule has 1 heterocycles. The number of ether oxygens (including phenoxy) is 2. The minimum atomic E-state index is -1.21. The van der Waals surface area contributed by atoms with Crippen LogP contribution in [0.1, 0.15) is 10.4 Å². The Labute approximate surface area is 151 Å². The third kappa shape index (κ3) is 4.02. The van der Waals surface area contributed by atoms with E-state index >= 15 is 0 Å². The van der Waals surface area contributed by atoms with Gasteiger partial charge in [-0.15, -0.1) is 0 Å². The van der Waals surface area contributed by atoms with Crippen LogP contribution in [-0.4, -0.2) is 42.5 Å². The summed E-state index contributed by atoms with van der Waals surface area (Å²) in [5.41, 5.74) is 0.303. The van der Waals surface area contributed by atoms with Crippen molar-refractivity contribution in [2.24, 2.45) is 0 Å². The van der Waals surface area contributed by atoms with Gasteiger partial charge in [-0.3, -0.25) is 19.3 Å². The number of Topliss-reactive ketones (excluding diaryl/α,β-unsaturated/α-hetero) is 1. The number of benzene rings is 2. The van der Waals surface area contributed by atoms with Crippen LogP contribution in [0.15, 0.2) is 36.4 Å². The molecule has 7 nitrogen and oxygen atoms in total. The molecule has 140 valence electrons. The Morgan fingerprint density at radius 3 is 2.63 bits per heavy atom. The summed E-state index contributed by atoms with van der Waals surface area (Å²) in [6.45, 7) is -1.33. The lowest BCUT2D eigenvalue weighted by Gasteiger charge is -2.28. The molecule has 3 rings (SSSR count). The van der Waals surface area contributed by atoms with Crippen molar-refractivity contribution in [3.05, 3.63) is 53.6 Å². The lowest BCUT2D eigenvalue weighted by molar-refractivity contribution is -0.137. The second-order valence-corrected chi connectivity index (χ2v) is 5.63. The molecule has 0 fully saturated rings. The van der Waals surface area contributed by atoms with Crippen molar-refractivity contribution in [1.29, 1.82) is 0 Å². The molecule has 1 aliphatic rings. The number of carboxylic acid groups (broad SMARTS) is 1. The maximum Gasteiger partial charge on any atom is 0.323 e. The van der Waals surface area contributed by atoms with E-state index in [4.69, 9.17) is 14.6 Å². The van der Waals surface area contributed by atoms with Gasteiger partial charge in [-0.1, -0.05) is 0 Å². The molecule has 9 heteroatoms. The molecule has 0 bridgehead atoms. The van der Waals surface area contributed by atoms with Crippen LogP contribution in [0, 0.1) is 11.6 Å². The summed E-state index contributed by atoms with van der Waals surface area (Å²) >= 11 is 0. The molecule has 0 aliphatic carbocycles. The predicted octanol–water partition coefficient (Wildman–Crippen LogP) is 2.04. The first-order chi connectivity index (χ1) is 12.8. The van der Waals surface area contributed by atoms with Gasteiger partial charge in [-0.05, 0) is 30.3 Å². The maximum atomic E-state index is 13.2. The average molecular weight is 377 g/mol. The molecule has 1 amide bonds. The van der Waals surface area contributed by atoms with Gasteiger partial charge >= 0.3 is 5.97 Å². The molecular formula is C18H13F2NO6. The number of carbonyl (C=O) groups is 3. The number of ketones is 1. The van der Waals surface area contributed by atoms with Crippen LogP contribution >= 0.6 is 0 Å². The van der Waals surface area contributed by atoms with Gasteiger partial charge in [0.25, 0.3) is 5.91 Å². The average Bonchev–Trinajstić information content (AvgIpc) is 2.64. The minimum Gasteiger partial charge on any atom is -0.485 e. The monoisotopic (exact) mass is 377 g/mol. The Bertz CT molecular complexity index is 930. The van der Waals surface area contributed by atoms with Crippen molar-refractivity contribution < 1.29 is 37.7 Å². The fraction of sp³-hybridized carbons (Fsp3) is 0.167. The highest BCUT2D eigenvalue weighted by Crippen LogP contribution is 2.33. The maximum absolute atomic E-state index is 13.2. The summed E-state index contributed by atoms with van der Waals surface area (Å²) in [6, 6.07) is 7.08. The Hall–Kier alpha value is -3.49. The first-order valence-corrected chi connectivity index (χ1v) is 7.75. The smallest absolute Gasteiger partial charge is 0.323 e. The summed E-state index contributed by atoms with van der Waals surface area (Å²) < 4.78 is 36.4. The number of hydrogen-bond acceptors (Lipinski definition) is 5. The summed E-state index contributed by atoms with van der Waals surface area (Å²) in [5.74, 6) is -4.15. The van der Waals surface area contributed by atoms with Gasteiger partial charge in [0.15, 0.2) is 30.6 Å². The van der Waals surface area contributed by atoms with Crippen LogP contribution < -0.4 is 14.4 Å². The lowest BCUT2D eigenvalue weighted by Crippen LogP contribution is -2.42. The molecule has 0 spiro atoms. The number of amides is 1. The Morgan fingerprint density at radius 2 is 1.93 bits per heavy atom.